The van der Waals surface area contributed by atoms with Crippen LogP contribution in [0.5, 0.6) is 0 Å². The van der Waals surface area contributed by atoms with E-state index in [-0.39, 0.29) is 5.78 Å². The molecule has 4 heteroatoms. The van der Waals surface area contributed by atoms with Crippen LogP contribution in [0, 0.1) is 0 Å². The number of furan rings is 3. The van der Waals surface area contributed by atoms with Crippen LogP contribution >= 0.6 is 0 Å². The normalized spacial score (nSPS) is 9.23. The number of rotatable bonds is 3. The molecule has 3 aromatic heterocycles. The Bertz CT molecular complexity index is 555. The largest absolute Gasteiger partial charge is 0.469 e. The second kappa shape index (κ2) is 10.3. The molecular formula is C18H22O4. The maximum absolute atomic E-state index is 10.4. The summed E-state index contributed by atoms with van der Waals surface area (Å²) in [5, 5.41) is 0. The molecule has 0 saturated carbocycles. The van der Waals surface area contributed by atoms with Crippen LogP contribution in [0.3, 0.4) is 0 Å². The minimum Gasteiger partial charge on any atom is -0.469 e. The number of Topliss-reactive ketones (excluding diaryl/α,β-unsaturated/α-hetero) is 1. The van der Waals surface area contributed by atoms with Crippen LogP contribution in [0.4, 0.5) is 0 Å². The molecule has 0 aliphatic heterocycles. The fourth-order valence-corrected chi connectivity index (χ4v) is 1.51. The maximum Gasteiger partial charge on any atom is 0.194 e. The van der Waals surface area contributed by atoms with Gasteiger partial charge in [-0.2, -0.15) is 0 Å². The minimum absolute atomic E-state index is 0.0324. The van der Waals surface area contributed by atoms with Gasteiger partial charge in [0.1, 0.15) is 11.5 Å². The molecule has 0 N–H and O–H groups in total. The zero-order valence-corrected chi connectivity index (χ0v) is 13.2. The molecule has 22 heavy (non-hydrogen) atoms. The lowest BCUT2D eigenvalue weighted by Gasteiger charge is -1.80. The molecule has 0 unspecified atom stereocenters. The van der Waals surface area contributed by atoms with E-state index < -0.39 is 0 Å². The molecule has 0 radical (unpaired) electrons. The zero-order chi connectivity index (χ0) is 16.2. The Hall–Kier alpha value is -2.49. The molecule has 0 atom stereocenters. The van der Waals surface area contributed by atoms with E-state index in [4.69, 9.17) is 13.3 Å². The highest BCUT2D eigenvalue weighted by Crippen LogP contribution is 1.99. The Kier molecular flexibility index (Phi) is 8.20. The van der Waals surface area contributed by atoms with Crippen molar-refractivity contribution in [2.24, 2.45) is 0 Å². The van der Waals surface area contributed by atoms with E-state index in [1.165, 1.54) is 13.2 Å². The quantitative estimate of drug-likeness (QED) is 0.626. The lowest BCUT2D eigenvalue weighted by molar-refractivity contribution is 0.0987. The molecular weight excluding hydrogens is 280 g/mol. The fourth-order valence-electron chi connectivity index (χ4n) is 1.51. The van der Waals surface area contributed by atoms with Gasteiger partial charge in [0.15, 0.2) is 11.5 Å². The first-order valence-corrected chi connectivity index (χ1v) is 7.26. The third-order valence-electron chi connectivity index (χ3n) is 2.73. The minimum atomic E-state index is -0.0324. The average molecular weight is 302 g/mol. The van der Waals surface area contributed by atoms with Gasteiger partial charge in [-0.1, -0.05) is 13.8 Å². The molecule has 0 aliphatic rings. The monoisotopic (exact) mass is 302 g/mol. The molecule has 118 valence electrons. The van der Waals surface area contributed by atoms with Crippen LogP contribution < -0.4 is 0 Å². The van der Waals surface area contributed by atoms with Crippen LogP contribution in [0.25, 0.3) is 0 Å². The summed E-state index contributed by atoms with van der Waals surface area (Å²) in [4.78, 5) is 10.4. The summed E-state index contributed by atoms with van der Waals surface area (Å²) in [6, 6.07) is 11.1. The summed E-state index contributed by atoms with van der Waals surface area (Å²) < 4.78 is 14.7. The summed E-state index contributed by atoms with van der Waals surface area (Å²) in [7, 11) is 0. The van der Waals surface area contributed by atoms with Crippen molar-refractivity contribution in [3.63, 3.8) is 0 Å². The first-order chi connectivity index (χ1) is 10.7. The Labute approximate surface area is 130 Å². The lowest BCUT2D eigenvalue weighted by atomic mass is 10.3. The molecule has 0 aliphatic carbocycles. The van der Waals surface area contributed by atoms with Crippen molar-refractivity contribution in [2.75, 3.05) is 0 Å². The van der Waals surface area contributed by atoms with Gasteiger partial charge in [-0.15, -0.1) is 0 Å². The van der Waals surface area contributed by atoms with Crippen molar-refractivity contribution in [2.45, 2.75) is 33.6 Å². The molecule has 0 bridgehead atoms. The Morgan fingerprint density at radius 3 is 1.45 bits per heavy atom. The Balaban J connectivity index is 0.000000166. The van der Waals surface area contributed by atoms with E-state index in [0.29, 0.717) is 5.76 Å². The van der Waals surface area contributed by atoms with Crippen LogP contribution in [0.1, 0.15) is 42.8 Å². The number of hydrogen-bond donors (Lipinski definition) is 0. The molecule has 4 nitrogen and oxygen atoms in total. The summed E-state index contributed by atoms with van der Waals surface area (Å²) in [6.45, 7) is 5.61. The van der Waals surface area contributed by atoms with E-state index in [2.05, 4.69) is 13.8 Å². The lowest BCUT2D eigenvalue weighted by Crippen LogP contribution is -1.85. The highest BCUT2D eigenvalue weighted by molar-refractivity contribution is 5.91. The van der Waals surface area contributed by atoms with Crippen molar-refractivity contribution in [3.05, 3.63) is 72.5 Å². The van der Waals surface area contributed by atoms with Gasteiger partial charge in [-0.25, -0.2) is 0 Å². The Morgan fingerprint density at radius 2 is 1.27 bits per heavy atom. The fraction of sp³-hybridized carbons (Fsp3) is 0.278. The van der Waals surface area contributed by atoms with E-state index in [1.807, 2.05) is 24.3 Å². The zero-order valence-electron chi connectivity index (χ0n) is 13.2. The first kappa shape index (κ1) is 17.6. The van der Waals surface area contributed by atoms with Gasteiger partial charge in [-0.3, -0.25) is 4.79 Å². The standard InChI is InChI=1S/C6H6O2.2C6H8O/c1-5(7)6-3-2-4-8-6;2*1-2-6-4-3-5-7-6/h2-4H,1H3;2*3-5H,2H2,1H3. The molecule has 3 aromatic rings. The van der Waals surface area contributed by atoms with Crippen LogP contribution in [0.2, 0.25) is 0 Å². The van der Waals surface area contributed by atoms with Crippen LogP contribution in [0.15, 0.2) is 68.4 Å². The van der Waals surface area contributed by atoms with E-state index >= 15 is 0 Å². The van der Waals surface area contributed by atoms with Gasteiger partial charge in [0.2, 0.25) is 0 Å². The number of carbonyl (C=O) groups is 1. The molecule has 0 fully saturated rings. The van der Waals surface area contributed by atoms with Crippen molar-refractivity contribution in [1.82, 2.24) is 0 Å². The second-order valence-electron chi connectivity index (χ2n) is 4.40. The van der Waals surface area contributed by atoms with Gasteiger partial charge in [0.05, 0.1) is 18.8 Å². The summed E-state index contributed by atoms with van der Waals surface area (Å²) >= 11 is 0. The van der Waals surface area contributed by atoms with Gasteiger partial charge in [0.25, 0.3) is 0 Å². The second-order valence-corrected chi connectivity index (χ2v) is 4.40. The van der Waals surface area contributed by atoms with Crippen molar-refractivity contribution < 1.29 is 18.0 Å². The van der Waals surface area contributed by atoms with Crippen LogP contribution in [-0.2, 0) is 12.8 Å². The molecule has 0 saturated heterocycles. The number of aryl methyl sites for hydroxylation is 2. The topological polar surface area (TPSA) is 56.5 Å². The van der Waals surface area contributed by atoms with Gasteiger partial charge in [-0.05, 0) is 36.4 Å². The molecule has 0 amide bonds. The predicted octanol–water partition coefficient (Wildman–Crippen LogP) is 5.17. The van der Waals surface area contributed by atoms with Crippen LogP contribution in [-0.4, -0.2) is 5.78 Å². The molecule has 0 spiro atoms. The van der Waals surface area contributed by atoms with Crippen molar-refractivity contribution >= 4 is 5.78 Å². The third kappa shape index (κ3) is 6.79. The molecule has 3 rings (SSSR count). The third-order valence-corrected chi connectivity index (χ3v) is 2.73. The smallest absolute Gasteiger partial charge is 0.194 e. The first-order valence-electron chi connectivity index (χ1n) is 7.26. The average Bonchev–Trinajstić information content (AvgIpc) is 3.31. The predicted molar refractivity (Wildman–Crippen MR) is 84.9 cm³/mol. The number of hydrogen-bond acceptors (Lipinski definition) is 4. The molecule has 0 aromatic carbocycles. The summed E-state index contributed by atoms with van der Waals surface area (Å²) in [5.74, 6) is 2.50. The highest BCUT2D eigenvalue weighted by Gasteiger charge is 1.97. The van der Waals surface area contributed by atoms with E-state index in [9.17, 15) is 4.79 Å². The number of carbonyl (C=O) groups excluding carboxylic acids is 1. The van der Waals surface area contributed by atoms with E-state index in [0.717, 1.165) is 24.4 Å². The SMILES string of the molecule is CC(=O)c1ccco1.CCc1ccco1.CCc1ccco1. The number of ketones is 1. The summed E-state index contributed by atoms with van der Waals surface area (Å²) in [6.07, 6.45) is 6.86. The van der Waals surface area contributed by atoms with Gasteiger partial charge in [0, 0.05) is 19.8 Å². The summed E-state index contributed by atoms with van der Waals surface area (Å²) in [5.41, 5.74) is 0. The van der Waals surface area contributed by atoms with E-state index in [1.54, 1.807) is 24.7 Å². The van der Waals surface area contributed by atoms with Gasteiger partial charge < -0.3 is 13.3 Å². The Morgan fingerprint density at radius 1 is 0.818 bits per heavy atom. The highest BCUT2D eigenvalue weighted by atomic mass is 16.3. The van der Waals surface area contributed by atoms with Crippen molar-refractivity contribution in [1.29, 1.82) is 0 Å². The van der Waals surface area contributed by atoms with Crippen molar-refractivity contribution in [3.8, 4) is 0 Å². The molecule has 3 heterocycles. The maximum atomic E-state index is 10.4. The van der Waals surface area contributed by atoms with Gasteiger partial charge >= 0.3 is 0 Å².